The summed E-state index contributed by atoms with van der Waals surface area (Å²) in [6.45, 7) is 8.83. The molecule has 22 heavy (non-hydrogen) atoms. The maximum atomic E-state index is 5.49. The Labute approximate surface area is 154 Å². The molecule has 1 aromatic heterocycles. The lowest BCUT2D eigenvalue weighted by Gasteiger charge is -2.38. The van der Waals surface area contributed by atoms with Gasteiger partial charge in [0, 0.05) is 38.8 Å². The quantitative estimate of drug-likeness (QED) is 0.420. The smallest absolute Gasteiger partial charge is 0.191 e. The van der Waals surface area contributed by atoms with E-state index >= 15 is 0 Å². The van der Waals surface area contributed by atoms with Crippen LogP contribution in [-0.2, 0) is 11.3 Å². The van der Waals surface area contributed by atoms with Crippen molar-refractivity contribution < 1.29 is 4.74 Å². The first-order valence-electron chi connectivity index (χ1n) is 7.49. The predicted octanol–water partition coefficient (Wildman–Crippen LogP) is 2.14. The second kappa shape index (κ2) is 10.4. The van der Waals surface area contributed by atoms with Gasteiger partial charge in [0.15, 0.2) is 5.96 Å². The molecule has 0 saturated carbocycles. The first-order valence-corrected chi connectivity index (χ1v) is 8.44. The number of aliphatic imine (C=N–C) groups is 1. The van der Waals surface area contributed by atoms with Gasteiger partial charge in [-0.3, -0.25) is 9.89 Å². The second-order valence-corrected chi connectivity index (χ2v) is 6.23. The maximum absolute atomic E-state index is 5.49. The summed E-state index contributed by atoms with van der Waals surface area (Å²) in [5.41, 5.74) is 1.29. The Bertz CT molecular complexity index is 441. The van der Waals surface area contributed by atoms with E-state index in [1.54, 1.807) is 11.3 Å². The van der Waals surface area contributed by atoms with Crippen LogP contribution in [0.3, 0.4) is 0 Å². The van der Waals surface area contributed by atoms with Gasteiger partial charge in [-0.1, -0.05) is 0 Å². The maximum Gasteiger partial charge on any atom is 0.191 e. The van der Waals surface area contributed by atoms with E-state index in [1.165, 1.54) is 5.56 Å². The van der Waals surface area contributed by atoms with Gasteiger partial charge < -0.3 is 15.4 Å². The van der Waals surface area contributed by atoms with E-state index < -0.39 is 0 Å². The summed E-state index contributed by atoms with van der Waals surface area (Å²) < 4.78 is 5.49. The van der Waals surface area contributed by atoms with Crippen molar-refractivity contribution >= 4 is 41.3 Å². The third-order valence-corrected chi connectivity index (χ3v) is 4.55. The molecular weight excluding hydrogens is 411 g/mol. The van der Waals surface area contributed by atoms with Gasteiger partial charge in [0.25, 0.3) is 0 Å². The molecule has 0 radical (unpaired) electrons. The standard InChI is InChI=1S/C15H26N4OS.HI/c1-12(19-5-6-20-10-13(19)2)8-17-15(16-3)18-9-14-4-7-21-11-14;/h4,7,11-13H,5-6,8-10H2,1-3H3,(H2,16,17,18);1H. The van der Waals surface area contributed by atoms with E-state index in [4.69, 9.17) is 4.74 Å². The van der Waals surface area contributed by atoms with Crippen molar-refractivity contribution in [2.75, 3.05) is 33.4 Å². The Hall–Kier alpha value is -0.380. The Morgan fingerprint density at radius 3 is 3.00 bits per heavy atom. The molecule has 1 aromatic rings. The third kappa shape index (κ3) is 6.02. The molecule has 1 aliphatic heterocycles. The number of nitrogens with zero attached hydrogens (tertiary/aromatic N) is 2. The number of hydrogen-bond donors (Lipinski definition) is 2. The first-order chi connectivity index (χ1) is 10.2. The van der Waals surface area contributed by atoms with E-state index in [-0.39, 0.29) is 24.0 Å². The molecule has 2 unspecified atom stereocenters. The van der Waals surface area contributed by atoms with Gasteiger partial charge in [-0.25, -0.2) is 0 Å². The van der Waals surface area contributed by atoms with Gasteiger partial charge in [-0.2, -0.15) is 11.3 Å². The number of halogens is 1. The predicted molar refractivity (Wildman–Crippen MR) is 104 cm³/mol. The molecule has 2 heterocycles. The highest BCUT2D eigenvalue weighted by atomic mass is 127. The third-order valence-electron chi connectivity index (χ3n) is 3.81. The number of rotatable bonds is 5. The lowest BCUT2D eigenvalue weighted by Crippen LogP contribution is -2.52. The van der Waals surface area contributed by atoms with Gasteiger partial charge in [0.1, 0.15) is 0 Å². The average molecular weight is 438 g/mol. The van der Waals surface area contributed by atoms with Gasteiger partial charge in [0.05, 0.1) is 13.2 Å². The summed E-state index contributed by atoms with van der Waals surface area (Å²) in [6, 6.07) is 3.07. The molecule has 1 saturated heterocycles. The zero-order valence-corrected chi connectivity index (χ0v) is 16.7. The van der Waals surface area contributed by atoms with E-state index in [2.05, 4.69) is 51.2 Å². The molecule has 2 atom stereocenters. The van der Waals surface area contributed by atoms with Crippen molar-refractivity contribution in [2.45, 2.75) is 32.5 Å². The molecule has 5 nitrogen and oxygen atoms in total. The molecule has 0 bridgehead atoms. The van der Waals surface area contributed by atoms with Crippen LogP contribution in [0.15, 0.2) is 21.8 Å². The highest BCUT2D eigenvalue weighted by Crippen LogP contribution is 2.10. The molecule has 0 amide bonds. The highest BCUT2D eigenvalue weighted by molar-refractivity contribution is 14.0. The fraction of sp³-hybridized carbons (Fsp3) is 0.667. The number of ether oxygens (including phenoxy) is 1. The average Bonchev–Trinajstić information content (AvgIpc) is 3.01. The molecule has 0 aliphatic carbocycles. The van der Waals surface area contributed by atoms with Crippen LogP contribution < -0.4 is 10.6 Å². The SMILES string of the molecule is CN=C(NCc1ccsc1)NCC(C)N1CCOCC1C.I. The molecule has 2 N–H and O–H groups in total. The number of morpholine rings is 1. The molecule has 1 aliphatic rings. The molecule has 126 valence electrons. The zero-order chi connectivity index (χ0) is 15.1. The van der Waals surface area contributed by atoms with Crippen LogP contribution in [0, 0.1) is 0 Å². The van der Waals surface area contributed by atoms with Crippen molar-refractivity contribution in [1.29, 1.82) is 0 Å². The van der Waals surface area contributed by atoms with Crippen LogP contribution in [0.5, 0.6) is 0 Å². The van der Waals surface area contributed by atoms with Crippen LogP contribution >= 0.6 is 35.3 Å². The summed E-state index contributed by atoms with van der Waals surface area (Å²) >= 11 is 1.72. The van der Waals surface area contributed by atoms with Crippen LogP contribution in [-0.4, -0.2) is 56.3 Å². The minimum Gasteiger partial charge on any atom is -0.379 e. The normalized spacial score (nSPS) is 21.0. The van der Waals surface area contributed by atoms with E-state index in [1.807, 2.05) is 7.05 Å². The van der Waals surface area contributed by atoms with Crippen molar-refractivity contribution in [2.24, 2.45) is 4.99 Å². The number of nitrogens with one attached hydrogen (secondary N) is 2. The van der Waals surface area contributed by atoms with Gasteiger partial charge in [-0.15, -0.1) is 24.0 Å². The molecule has 0 spiro atoms. The summed E-state index contributed by atoms with van der Waals surface area (Å²) in [7, 11) is 1.81. The monoisotopic (exact) mass is 438 g/mol. The van der Waals surface area contributed by atoms with Gasteiger partial charge >= 0.3 is 0 Å². The van der Waals surface area contributed by atoms with E-state index in [9.17, 15) is 0 Å². The van der Waals surface area contributed by atoms with Crippen LogP contribution in [0.25, 0.3) is 0 Å². The Kier molecular flexibility index (Phi) is 9.30. The topological polar surface area (TPSA) is 48.9 Å². The molecule has 7 heteroatoms. The number of hydrogen-bond acceptors (Lipinski definition) is 4. The molecular formula is C15H27IN4OS. The Morgan fingerprint density at radius 2 is 2.36 bits per heavy atom. The number of thiophene rings is 1. The van der Waals surface area contributed by atoms with E-state index in [0.717, 1.165) is 38.8 Å². The van der Waals surface area contributed by atoms with Gasteiger partial charge in [0.2, 0.25) is 0 Å². The highest BCUT2D eigenvalue weighted by Gasteiger charge is 2.23. The first kappa shape index (κ1) is 19.7. The minimum atomic E-state index is 0. The summed E-state index contributed by atoms with van der Waals surface area (Å²) in [5.74, 6) is 0.856. The van der Waals surface area contributed by atoms with E-state index in [0.29, 0.717) is 12.1 Å². The molecule has 2 rings (SSSR count). The summed E-state index contributed by atoms with van der Waals surface area (Å²) in [6.07, 6.45) is 0. The van der Waals surface area contributed by atoms with Gasteiger partial charge in [-0.05, 0) is 36.2 Å². The van der Waals surface area contributed by atoms with Crippen molar-refractivity contribution in [1.82, 2.24) is 15.5 Å². The van der Waals surface area contributed by atoms with Crippen molar-refractivity contribution in [3.05, 3.63) is 22.4 Å². The summed E-state index contributed by atoms with van der Waals surface area (Å²) in [5, 5.41) is 11.0. The molecule has 1 fully saturated rings. The fourth-order valence-corrected chi connectivity index (χ4v) is 3.22. The van der Waals surface area contributed by atoms with Crippen LogP contribution in [0.4, 0.5) is 0 Å². The van der Waals surface area contributed by atoms with Crippen LogP contribution in [0.1, 0.15) is 19.4 Å². The lowest BCUT2D eigenvalue weighted by atomic mass is 10.2. The lowest BCUT2D eigenvalue weighted by molar-refractivity contribution is -0.0174. The van der Waals surface area contributed by atoms with Crippen molar-refractivity contribution in [3.63, 3.8) is 0 Å². The zero-order valence-electron chi connectivity index (χ0n) is 13.5. The Balaban J connectivity index is 0.00000242. The van der Waals surface area contributed by atoms with Crippen LogP contribution in [0.2, 0.25) is 0 Å². The summed E-state index contributed by atoms with van der Waals surface area (Å²) in [4.78, 5) is 6.77. The molecule has 0 aromatic carbocycles. The van der Waals surface area contributed by atoms with Crippen molar-refractivity contribution in [3.8, 4) is 0 Å². The fourth-order valence-electron chi connectivity index (χ4n) is 2.56. The second-order valence-electron chi connectivity index (χ2n) is 5.45. The largest absolute Gasteiger partial charge is 0.379 e. The Morgan fingerprint density at radius 1 is 1.55 bits per heavy atom. The minimum absolute atomic E-state index is 0. The number of guanidine groups is 1.